The molecule has 0 radical (unpaired) electrons. The lowest BCUT2D eigenvalue weighted by Crippen LogP contribution is -2.03. The number of fused-ring (bicyclic) bond motifs is 1. The van der Waals surface area contributed by atoms with E-state index in [4.69, 9.17) is 11.6 Å². The molecule has 0 aliphatic rings. The molecule has 0 saturated carbocycles. The first-order valence-electron chi connectivity index (χ1n) is 6.35. The molecule has 5 heteroatoms. The summed E-state index contributed by atoms with van der Waals surface area (Å²) in [4.78, 5) is 9.10. The highest BCUT2D eigenvalue weighted by Gasteiger charge is 2.13. The second-order valence-corrected chi connectivity index (χ2v) is 5.93. The van der Waals surface area contributed by atoms with E-state index in [1.54, 1.807) is 6.20 Å². The van der Waals surface area contributed by atoms with Gasteiger partial charge in [-0.25, -0.2) is 9.97 Å². The molecule has 102 valence electrons. The molecular formula is C15H13BrClN3. The van der Waals surface area contributed by atoms with E-state index in [1.165, 1.54) is 5.56 Å². The van der Waals surface area contributed by atoms with Gasteiger partial charge in [-0.1, -0.05) is 15.9 Å². The van der Waals surface area contributed by atoms with Crippen molar-refractivity contribution >= 4 is 38.7 Å². The van der Waals surface area contributed by atoms with Gasteiger partial charge in [0.2, 0.25) is 0 Å². The molecule has 0 N–H and O–H groups in total. The third kappa shape index (κ3) is 2.45. The molecule has 0 atom stereocenters. The number of pyridine rings is 1. The number of benzene rings is 1. The van der Waals surface area contributed by atoms with Crippen LogP contribution in [-0.4, -0.2) is 20.4 Å². The largest absolute Gasteiger partial charge is 0.281 e. The van der Waals surface area contributed by atoms with Crippen LogP contribution in [0.3, 0.4) is 0 Å². The van der Waals surface area contributed by atoms with E-state index in [1.807, 2.05) is 12.1 Å². The fraction of sp³-hybridized carbons (Fsp3) is 0.200. The Hall–Kier alpha value is -1.39. The maximum absolute atomic E-state index is 5.90. The predicted molar refractivity (Wildman–Crippen MR) is 85.7 cm³/mol. The first kappa shape index (κ1) is 13.6. The van der Waals surface area contributed by atoms with Crippen molar-refractivity contribution in [2.24, 2.45) is 0 Å². The first-order valence-corrected chi connectivity index (χ1v) is 7.67. The van der Waals surface area contributed by atoms with Crippen LogP contribution in [0, 0.1) is 6.92 Å². The highest BCUT2D eigenvalue weighted by Crippen LogP contribution is 2.24. The number of aromatic nitrogens is 3. The fourth-order valence-electron chi connectivity index (χ4n) is 2.33. The molecule has 0 unspecified atom stereocenters. The van der Waals surface area contributed by atoms with Crippen LogP contribution in [0.15, 0.2) is 41.0 Å². The highest BCUT2D eigenvalue weighted by molar-refractivity contribution is 9.10. The number of hydrogen-bond donors (Lipinski definition) is 0. The molecule has 2 aromatic heterocycles. The summed E-state index contributed by atoms with van der Waals surface area (Å²) < 4.78 is 3.12. The predicted octanol–water partition coefficient (Wildman–Crippen LogP) is 4.27. The zero-order chi connectivity index (χ0) is 14.1. The lowest BCUT2D eigenvalue weighted by atomic mass is 10.2. The smallest absolute Gasteiger partial charge is 0.164 e. The Labute approximate surface area is 130 Å². The molecule has 2 heterocycles. The molecule has 0 aliphatic heterocycles. The maximum Gasteiger partial charge on any atom is 0.164 e. The monoisotopic (exact) mass is 349 g/mol. The number of hydrogen-bond acceptors (Lipinski definition) is 2. The Morgan fingerprint density at radius 1 is 1.30 bits per heavy atom. The van der Waals surface area contributed by atoms with Gasteiger partial charge < -0.3 is 0 Å². The Bertz CT molecular complexity index is 747. The van der Waals surface area contributed by atoms with Crippen molar-refractivity contribution < 1.29 is 0 Å². The van der Waals surface area contributed by atoms with Gasteiger partial charge in [-0.3, -0.25) is 4.57 Å². The topological polar surface area (TPSA) is 30.7 Å². The van der Waals surface area contributed by atoms with Crippen molar-refractivity contribution in [3.63, 3.8) is 0 Å². The van der Waals surface area contributed by atoms with Crippen molar-refractivity contribution in [3.8, 4) is 5.69 Å². The quantitative estimate of drug-likeness (QED) is 0.660. The molecule has 20 heavy (non-hydrogen) atoms. The zero-order valence-corrected chi connectivity index (χ0v) is 13.3. The molecule has 1 aromatic carbocycles. The van der Waals surface area contributed by atoms with Crippen molar-refractivity contribution in [2.75, 3.05) is 5.88 Å². The third-order valence-electron chi connectivity index (χ3n) is 3.09. The molecule has 0 saturated heterocycles. The Morgan fingerprint density at radius 3 is 2.90 bits per heavy atom. The minimum Gasteiger partial charge on any atom is -0.281 e. The highest BCUT2D eigenvalue weighted by atomic mass is 79.9. The van der Waals surface area contributed by atoms with E-state index in [2.05, 4.69) is 55.6 Å². The Kier molecular flexibility index (Phi) is 3.76. The molecule has 3 aromatic rings. The zero-order valence-electron chi connectivity index (χ0n) is 11.0. The van der Waals surface area contributed by atoms with Crippen LogP contribution in [0.5, 0.6) is 0 Å². The van der Waals surface area contributed by atoms with Gasteiger partial charge in [0.25, 0.3) is 0 Å². The summed E-state index contributed by atoms with van der Waals surface area (Å²) in [6.07, 6.45) is 2.50. The van der Waals surface area contributed by atoms with Crippen LogP contribution >= 0.6 is 27.5 Å². The molecular weight excluding hydrogens is 338 g/mol. The summed E-state index contributed by atoms with van der Waals surface area (Å²) >= 11 is 9.45. The number of nitrogens with zero attached hydrogens (tertiary/aromatic N) is 3. The average molecular weight is 351 g/mol. The summed E-state index contributed by atoms with van der Waals surface area (Å²) in [7, 11) is 0. The summed E-state index contributed by atoms with van der Waals surface area (Å²) in [6, 6.07) is 10.1. The van der Waals surface area contributed by atoms with E-state index in [9.17, 15) is 0 Å². The maximum atomic E-state index is 5.90. The molecule has 0 aliphatic carbocycles. The van der Waals surface area contributed by atoms with Crippen LogP contribution in [0.1, 0.15) is 11.4 Å². The fourth-order valence-corrected chi connectivity index (χ4v) is 3.09. The molecule has 3 rings (SSSR count). The Balaban J connectivity index is 2.29. The summed E-state index contributed by atoms with van der Waals surface area (Å²) in [5.41, 5.74) is 4.00. The standard InChI is InChI=1S/C15H13BrClN3/c1-10-7-11(16)9-12(8-10)20-14(4-5-17)19-13-3-2-6-18-15(13)20/h2-3,6-9H,4-5H2,1H3. The summed E-state index contributed by atoms with van der Waals surface area (Å²) in [6.45, 7) is 2.07. The van der Waals surface area contributed by atoms with Gasteiger partial charge in [0.05, 0.1) is 5.69 Å². The molecule has 3 nitrogen and oxygen atoms in total. The van der Waals surface area contributed by atoms with E-state index in [0.717, 1.165) is 27.1 Å². The van der Waals surface area contributed by atoms with Crippen molar-refractivity contribution in [2.45, 2.75) is 13.3 Å². The van der Waals surface area contributed by atoms with Gasteiger partial charge in [-0.2, -0.15) is 0 Å². The lowest BCUT2D eigenvalue weighted by Gasteiger charge is -2.09. The van der Waals surface area contributed by atoms with E-state index in [0.29, 0.717) is 12.3 Å². The van der Waals surface area contributed by atoms with Crippen molar-refractivity contribution in [1.82, 2.24) is 14.5 Å². The van der Waals surface area contributed by atoms with Gasteiger partial charge in [0.1, 0.15) is 11.3 Å². The summed E-state index contributed by atoms with van der Waals surface area (Å²) in [5.74, 6) is 1.47. The molecule has 0 fully saturated rings. The SMILES string of the molecule is Cc1cc(Br)cc(-n2c(CCCl)nc3cccnc32)c1. The van der Waals surface area contributed by atoms with Gasteiger partial charge in [-0.05, 0) is 42.8 Å². The first-order chi connectivity index (χ1) is 9.69. The second kappa shape index (κ2) is 5.54. The summed E-state index contributed by atoms with van der Waals surface area (Å²) in [5, 5.41) is 0. The molecule has 0 spiro atoms. The van der Waals surface area contributed by atoms with E-state index < -0.39 is 0 Å². The van der Waals surface area contributed by atoms with Gasteiger partial charge >= 0.3 is 0 Å². The van der Waals surface area contributed by atoms with Gasteiger partial charge in [0, 0.05) is 23.0 Å². The number of aryl methyl sites for hydroxylation is 2. The average Bonchev–Trinajstić information content (AvgIpc) is 2.76. The van der Waals surface area contributed by atoms with E-state index in [-0.39, 0.29) is 0 Å². The third-order valence-corrected chi connectivity index (χ3v) is 3.74. The minimum absolute atomic E-state index is 0.538. The molecule has 0 bridgehead atoms. The Morgan fingerprint density at radius 2 is 2.15 bits per heavy atom. The van der Waals surface area contributed by atoms with Crippen LogP contribution < -0.4 is 0 Å². The minimum atomic E-state index is 0.538. The van der Waals surface area contributed by atoms with Crippen LogP contribution in [0.2, 0.25) is 0 Å². The number of imidazole rings is 1. The van der Waals surface area contributed by atoms with E-state index >= 15 is 0 Å². The lowest BCUT2D eigenvalue weighted by molar-refractivity contribution is 0.904. The normalized spacial score (nSPS) is 11.2. The number of halogens is 2. The number of alkyl halides is 1. The van der Waals surface area contributed by atoms with Gasteiger partial charge in [0.15, 0.2) is 5.65 Å². The second-order valence-electron chi connectivity index (χ2n) is 4.64. The van der Waals surface area contributed by atoms with Gasteiger partial charge in [-0.15, -0.1) is 11.6 Å². The number of rotatable bonds is 3. The van der Waals surface area contributed by atoms with Crippen LogP contribution in [0.25, 0.3) is 16.9 Å². The van der Waals surface area contributed by atoms with Crippen molar-refractivity contribution in [1.29, 1.82) is 0 Å². The van der Waals surface area contributed by atoms with Crippen molar-refractivity contribution in [3.05, 3.63) is 52.4 Å². The van der Waals surface area contributed by atoms with Crippen LogP contribution in [-0.2, 0) is 6.42 Å². The van der Waals surface area contributed by atoms with Crippen LogP contribution in [0.4, 0.5) is 0 Å². The molecule has 0 amide bonds.